The molecule has 0 amide bonds. The maximum absolute atomic E-state index is 4.65. The van der Waals surface area contributed by atoms with Crippen LogP contribution in [0.15, 0.2) is 17.1 Å². The molecule has 0 saturated carbocycles. The van der Waals surface area contributed by atoms with E-state index < -0.39 is 0 Å². The van der Waals surface area contributed by atoms with E-state index in [9.17, 15) is 0 Å². The highest BCUT2D eigenvalue weighted by Crippen LogP contribution is 2.31. The second-order valence-corrected chi connectivity index (χ2v) is 3.94. The van der Waals surface area contributed by atoms with E-state index >= 15 is 0 Å². The Balaban J connectivity index is 2.26. The van der Waals surface area contributed by atoms with Crippen LogP contribution in [0.1, 0.15) is 26.7 Å². The average Bonchev–Trinajstić information content (AvgIpc) is 2.02. The second kappa shape index (κ2) is 2.70. The number of nitrogens with one attached hydrogen (secondary N) is 1. The lowest BCUT2D eigenvalue weighted by molar-refractivity contribution is 0.222. The van der Waals surface area contributed by atoms with E-state index in [-0.39, 0.29) is 5.66 Å². The van der Waals surface area contributed by atoms with E-state index in [1.54, 1.807) is 0 Å². The van der Waals surface area contributed by atoms with E-state index in [0.29, 0.717) is 5.92 Å². The van der Waals surface area contributed by atoms with Crippen LogP contribution in [-0.4, -0.2) is 17.9 Å². The first kappa shape index (κ1) is 7.99. The predicted octanol–water partition coefficient (Wildman–Crippen LogP) is 1.73. The molecule has 0 radical (unpaired) electrons. The highest BCUT2D eigenvalue weighted by molar-refractivity contribution is 5.93. The second-order valence-electron chi connectivity index (χ2n) is 3.94. The van der Waals surface area contributed by atoms with E-state index in [0.717, 1.165) is 12.3 Å². The molecule has 0 aromatic rings. The number of hydrogen-bond donors (Lipinski definition) is 1. The first-order valence-corrected chi connectivity index (χ1v) is 4.70. The summed E-state index contributed by atoms with van der Waals surface area (Å²) < 4.78 is 0. The fourth-order valence-electron chi connectivity index (χ4n) is 2.14. The Kier molecular flexibility index (Phi) is 1.80. The number of piperidine rings is 1. The Morgan fingerprint density at radius 3 is 3.33 bits per heavy atom. The molecular formula is C10H16N2. The molecule has 0 aliphatic carbocycles. The SMILES string of the molecule is CC1=NC2(C)NCCCC2C=C1. The first-order valence-electron chi connectivity index (χ1n) is 4.70. The Hall–Kier alpha value is -0.630. The molecule has 1 saturated heterocycles. The zero-order valence-electron chi connectivity index (χ0n) is 7.80. The zero-order chi connectivity index (χ0) is 8.60. The van der Waals surface area contributed by atoms with Gasteiger partial charge in [0.15, 0.2) is 0 Å². The number of dihydropyridines is 1. The molecule has 2 aliphatic heterocycles. The fraction of sp³-hybridized carbons (Fsp3) is 0.700. The van der Waals surface area contributed by atoms with Gasteiger partial charge in [0.1, 0.15) is 5.66 Å². The van der Waals surface area contributed by atoms with Gasteiger partial charge in [-0.3, -0.25) is 10.3 Å². The summed E-state index contributed by atoms with van der Waals surface area (Å²) in [7, 11) is 0. The van der Waals surface area contributed by atoms with Crippen molar-refractivity contribution in [2.75, 3.05) is 6.54 Å². The molecule has 0 aromatic carbocycles. The molecule has 0 spiro atoms. The minimum absolute atomic E-state index is 0.00289. The molecule has 1 fully saturated rings. The lowest BCUT2D eigenvalue weighted by atomic mass is 9.84. The maximum atomic E-state index is 4.65. The molecule has 2 rings (SSSR count). The number of nitrogens with zero attached hydrogens (tertiary/aromatic N) is 1. The minimum atomic E-state index is -0.00289. The molecule has 66 valence electrons. The van der Waals surface area contributed by atoms with Crippen LogP contribution in [0.4, 0.5) is 0 Å². The summed E-state index contributed by atoms with van der Waals surface area (Å²) in [6, 6.07) is 0. The Labute approximate surface area is 73.8 Å². The van der Waals surface area contributed by atoms with E-state index in [2.05, 4.69) is 36.3 Å². The third kappa shape index (κ3) is 1.20. The number of fused-ring (bicyclic) bond motifs is 1. The summed E-state index contributed by atoms with van der Waals surface area (Å²) in [4.78, 5) is 4.65. The Morgan fingerprint density at radius 1 is 1.67 bits per heavy atom. The van der Waals surface area contributed by atoms with Crippen LogP contribution in [-0.2, 0) is 0 Å². The van der Waals surface area contributed by atoms with Crippen molar-refractivity contribution in [2.24, 2.45) is 10.9 Å². The van der Waals surface area contributed by atoms with Gasteiger partial charge in [0.2, 0.25) is 0 Å². The van der Waals surface area contributed by atoms with Gasteiger partial charge in [0.25, 0.3) is 0 Å². The van der Waals surface area contributed by atoms with Gasteiger partial charge in [0, 0.05) is 11.6 Å². The molecule has 2 atom stereocenters. The molecule has 2 heterocycles. The van der Waals surface area contributed by atoms with Gasteiger partial charge in [-0.2, -0.15) is 0 Å². The predicted molar refractivity (Wildman–Crippen MR) is 51.4 cm³/mol. The number of allylic oxidation sites excluding steroid dienone is 1. The van der Waals surface area contributed by atoms with Crippen molar-refractivity contribution < 1.29 is 0 Å². The van der Waals surface area contributed by atoms with Crippen LogP contribution >= 0.6 is 0 Å². The van der Waals surface area contributed by atoms with Crippen LogP contribution in [0.5, 0.6) is 0 Å². The van der Waals surface area contributed by atoms with Gasteiger partial charge in [-0.1, -0.05) is 6.08 Å². The van der Waals surface area contributed by atoms with Crippen molar-refractivity contribution in [1.82, 2.24) is 5.32 Å². The lowest BCUT2D eigenvalue weighted by Crippen LogP contribution is -2.51. The molecule has 2 unspecified atom stereocenters. The molecule has 1 N–H and O–H groups in total. The van der Waals surface area contributed by atoms with Crippen molar-refractivity contribution >= 4 is 5.71 Å². The van der Waals surface area contributed by atoms with Crippen molar-refractivity contribution in [3.63, 3.8) is 0 Å². The van der Waals surface area contributed by atoms with Crippen LogP contribution < -0.4 is 5.32 Å². The molecule has 12 heavy (non-hydrogen) atoms. The highest BCUT2D eigenvalue weighted by atomic mass is 15.2. The zero-order valence-corrected chi connectivity index (χ0v) is 7.80. The smallest absolute Gasteiger partial charge is 0.114 e. The van der Waals surface area contributed by atoms with Crippen LogP contribution in [0.2, 0.25) is 0 Å². The number of hydrogen-bond acceptors (Lipinski definition) is 2. The average molecular weight is 164 g/mol. The maximum Gasteiger partial charge on any atom is 0.114 e. The number of rotatable bonds is 0. The van der Waals surface area contributed by atoms with Crippen molar-refractivity contribution in [3.05, 3.63) is 12.2 Å². The molecule has 2 heteroatoms. The summed E-state index contributed by atoms with van der Waals surface area (Å²) in [6.45, 7) is 5.37. The fourth-order valence-corrected chi connectivity index (χ4v) is 2.14. The van der Waals surface area contributed by atoms with Crippen LogP contribution in [0, 0.1) is 5.92 Å². The van der Waals surface area contributed by atoms with Gasteiger partial charge >= 0.3 is 0 Å². The molecule has 0 bridgehead atoms. The summed E-state index contributed by atoms with van der Waals surface area (Å²) in [5.41, 5.74) is 1.14. The summed E-state index contributed by atoms with van der Waals surface area (Å²) in [5, 5.41) is 3.49. The Bertz CT molecular complexity index is 242. The van der Waals surface area contributed by atoms with Crippen molar-refractivity contribution in [1.29, 1.82) is 0 Å². The van der Waals surface area contributed by atoms with Gasteiger partial charge in [-0.15, -0.1) is 0 Å². The summed E-state index contributed by atoms with van der Waals surface area (Å²) >= 11 is 0. The molecular weight excluding hydrogens is 148 g/mol. The quantitative estimate of drug-likeness (QED) is 0.579. The molecule has 2 aliphatic rings. The van der Waals surface area contributed by atoms with E-state index in [4.69, 9.17) is 0 Å². The van der Waals surface area contributed by atoms with E-state index in [1.165, 1.54) is 12.8 Å². The highest BCUT2D eigenvalue weighted by Gasteiger charge is 2.35. The summed E-state index contributed by atoms with van der Waals surface area (Å²) in [5.74, 6) is 0.606. The van der Waals surface area contributed by atoms with Crippen molar-refractivity contribution in [3.8, 4) is 0 Å². The van der Waals surface area contributed by atoms with Gasteiger partial charge in [0.05, 0.1) is 0 Å². The van der Waals surface area contributed by atoms with E-state index in [1.807, 2.05) is 0 Å². The van der Waals surface area contributed by atoms with Crippen LogP contribution in [0.25, 0.3) is 0 Å². The standard InChI is InChI=1S/C10H16N2/c1-8-5-6-9-4-3-7-11-10(9,2)12-8/h5-6,9,11H,3-4,7H2,1-2H3. The van der Waals surface area contributed by atoms with Gasteiger partial charge in [-0.25, -0.2) is 0 Å². The third-order valence-corrected chi connectivity index (χ3v) is 2.88. The monoisotopic (exact) mass is 164 g/mol. The van der Waals surface area contributed by atoms with Crippen molar-refractivity contribution in [2.45, 2.75) is 32.4 Å². The largest absolute Gasteiger partial charge is 0.293 e. The Morgan fingerprint density at radius 2 is 2.50 bits per heavy atom. The third-order valence-electron chi connectivity index (χ3n) is 2.88. The molecule has 2 nitrogen and oxygen atoms in total. The number of aliphatic imine (C=N–C) groups is 1. The molecule has 0 aromatic heterocycles. The topological polar surface area (TPSA) is 24.4 Å². The lowest BCUT2D eigenvalue weighted by Gasteiger charge is -2.40. The summed E-state index contributed by atoms with van der Waals surface area (Å²) in [6.07, 6.45) is 6.99. The minimum Gasteiger partial charge on any atom is -0.293 e. The van der Waals surface area contributed by atoms with Crippen LogP contribution in [0.3, 0.4) is 0 Å². The first-order chi connectivity index (χ1) is 5.71. The van der Waals surface area contributed by atoms with Gasteiger partial charge < -0.3 is 0 Å². The normalized spacial score (nSPS) is 40.5. The van der Waals surface area contributed by atoms with Gasteiger partial charge in [-0.05, 0) is 39.3 Å².